The standard InChI is InChI=1S/C25H21ClN4O4/c1-34-17-8-10-21-19(14-17)18-11-12-29(25(31)27-16-5-3-2-4-6-16)24(23(18)28-21)15-7-9-20(26)22(13-15)30(32)33/h2-10,13-14,24,28H,11-12H2,1H3,(H,27,31)/t24-/m0/s1. The first-order chi connectivity index (χ1) is 16.5. The molecule has 1 aromatic heterocycles. The second-order valence-corrected chi connectivity index (χ2v) is 8.45. The molecule has 0 fully saturated rings. The molecule has 0 unspecified atom stereocenters. The van der Waals surface area contributed by atoms with Gasteiger partial charge in [0.1, 0.15) is 10.8 Å². The minimum atomic E-state index is -0.568. The number of carbonyl (C=O) groups excluding carboxylic acids is 1. The Balaban J connectivity index is 1.64. The van der Waals surface area contributed by atoms with Crippen molar-refractivity contribution in [2.24, 2.45) is 0 Å². The number of amides is 2. The molecule has 2 amide bonds. The molecule has 1 atom stereocenters. The van der Waals surface area contributed by atoms with Crippen LogP contribution >= 0.6 is 11.6 Å². The average molecular weight is 477 g/mol. The quantitative estimate of drug-likeness (QED) is 0.282. The lowest BCUT2D eigenvalue weighted by atomic mass is 9.92. The molecule has 1 aliphatic rings. The van der Waals surface area contributed by atoms with Gasteiger partial charge in [-0.1, -0.05) is 35.9 Å². The number of anilines is 1. The average Bonchev–Trinajstić information content (AvgIpc) is 3.22. The number of benzene rings is 3. The fourth-order valence-corrected chi connectivity index (χ4v) is 4.70. The van der Waals surface area contributed by atoms with Crippen LogP contribution in [0.5, 0.6) is 5.75 Å². The summed E-state index contributed by atoms with van der Waals surface area (Å²) in [6, 6.07) is 18.7. The molecule has 0 aliphatic carbocycles. The highest BCUT2D eigenvalue weighted by molar-refractivity contribution is 6.32. The lowest BCUT2D eigenvalue weighted by molar-refractivity contribution is -0.384. The summed E-state index contributed by atoms with van der Waals surface area (Å²) in [6.45, 7) is 0.428. The summed E-state index contributed by atoms with van der Waals surface area (Å²) in [5.74, 6) is 0.734. The molecule has 2 heterocycles. The fraction of sp³-hybridized carbons (Fsp3) is 0.160. The van der Waals surface area contributed by atoms with Crippen molar-refractivity contribution in [2.75, 3.05) is 19.0 Å². The number of H-pyrrole nitrogens is 1. The van der Waals surface area contributed by atoms with Crippen molar-refractivity contribution in [3.05, 3.63) is 98.7 Å². The first-order valence-corrected chi connectivity index (χ1v) is 11.1. The summed E-state index contributed by atoms with van der Waals surface area (Å²) >= 11 is 6.08. The fourth-order valence-electron chi connectivity index (χ4n) is 4.52. The van der Waals surface area contributed by atoms with Gasteiger partial charge >= 0.3 is 6.03 Å². The number of hydrogen-bond acceptors (Lipinski definition) is 4. The minimum absolute atomic E-state index is 0.0476. The van der Waals surface area contributed by atoms with E-state index in [-0.39, 0.29) is 16.7 Å². The topological polar surface area (TPSA) is 100 Å². The number of nitro benzene ring substituents is 1. The van der Waals surface area contributed by atoms with Crippen molar-refractivity contribution >= 4 is 39.9 Å². The second-order valence-electron chi connectivity index (χ2n) is 8.04. The maximum atomic E-state index is 13.4. The third-order valence-electron chi connectivity index (χ3n) is 6.10. The van der Waals surface area contributed by atoms with Gasteiger partial charge in [-0.3, -0.25) is 10.1 Å². The number of rotatable bonds is 4. The number of halogens is 1. The number of aromatic amines is 1. The monoisotopic (exact) mass is 476 g/mol. The molecule has 34 heavy (non-hydrogen) atoms. The van der Waals surface area contributed by atoms with E-state index >= 15 is 0 Å². The Labute approximate surface area is 200 Å². The third-order valence-corrected chi connectivity index (χ3v) is 6.42. The Morgan fingerprint density at radius 1 is 1.18 bits per heavy atom. The zero-order valence-electron chi connectivity index (χ0n) is 18.2. The maximum absolute atomic E-state index is 13.4. The smallest absolute Gasteiger partial charge is 0.322 e. The van der Waals surface area contributed by atoms with Gasteiger partial charge in [-0.05, 0) is 53.9 Å². The number of nitrogens with zero attached hydrogens (tertiary/aromatic N) is 2. The molecule has 9 heteroatoms. The van der Waals surface area contributed by atoms with Gasteiger partial charge in [0.25, 0.3) is 5.69 Å². The zero-order valence-corrected chi connectivity index (χ0v) is 19.0. The van der Waals surface area contributed by atoms with Crippen molar-refractivity contribution < 1.29 is 14.5 Å². The first kappa shape index (κ1) is 21.8. The molecule has 4 aromatic rings. The first-order valence-electron chi connectivity index (χ1n) is 10.7. The number of nitro groups is 1. The molecule has 3 aromatic carbocycles. The van der Waals surface area contributed by atoms with Crippen LogP contribution in [-0.4, -0.2) is 34.5 Å². The van der Waals surface area contributed by atoms with E-state index in [0.29, 0.717) is 24.2 Å². The Morgan fingerprint density at radius 2 is 1.97 bits per heavy atom. The predicted molar refractivity (Wildman–Crippen MR) is 131 cm³/mol. The SMILES string of the molecule is COc1ccc2[nH]c3c(c2c1)CCN(C(=O)Nc1ccccc1)[C@H]3c1ccc(Cl)c([N+](=O)[O-])c1. The lowest BCUT2D eigenvalue weighted by Gasteiger charge is -2.36. The molecule has 0 spiro atoms. The molecular weight excluding hydrogens is 456 g/mol. The maximum Gasteiger partial charge on any atom is 0.322 e. The van der Waals surface area contributed by atoms with Gasteiger partial charge in [-0.2, -0.15) is 0 Å². The molecule has 8 nitrogen and oxygen atoms in total. The van der Waals surface area contributed by atoms with Crippen molar-refractivity contribution in [1.82, 2.24) is 9.88 Å². The van der Waals surface area contributed by atoms with Gasteiger partial charge in [0.15, 0.2) is 0 Å². The van der Waals surface area contributed by atoms with Gasteiger partial charge in [0.05, 0.1) is 18.1 Å². The number of carbonyl (C=O) groups is 1. The van der Waals surface area contributed by atoms with Crippen molar-refractivity contribution in [2.45, 2.75) is 12.5 Å². The summed E-state index contributed by atoms with van der Waals surface area (Å²) in [5.41, 5.74) is 3.84. The highest BCUT2D eigenvalue weighted by Crippen LogP contribution is 2.41. The second kappa shape index (κ2) is 8.72. The van der Waals surface area contributed by atoms with E-state index in [0.717, 1.165) is 27.9 Å². The molecular formula is C25H21ClN4O4. The van der Waals surface area contributed by atoms with Crippen LogP contribution in [0, 0.1) is 10.1 Å². The van der Waals surface area contributed by atoms with Crippen LogP contribution in [0.2, 0.25) is 5.02 Å². The third kappa shape index (κ3) is 3.82. The van der Waals surface area contributed by atoms with Crippen LogP contribution in [0.3, 0.4) is 0 Å². The van der Waals surface area contributed by atoms with Crippen LogP contribution in [0.25, 0.3) is 10.9 Å². The van der Waals surface area contributed by atoms with Gasteiger partial charge in [-0.25, -0.2) is 4.79 Å². The van der Waals surface area contributed by atoms with E-state index in [4.69, 9.17) is 16.3 Å². The highest BCUT2D eigenvalue weighted by Gasteiger charge is 2.35. The molecule has 172 valence electrons. The Bertz CT molecular complexity index is 1400. The largest absolute Gasteiger partial charge is 0.497 e. The number of para-hydroxylation sites is 1. The van der Waals surface area contributed by atoms with Crippen LogP contribution in [0.15, 0.2) is 66.7 Å². The lowest BCUT2D eigenvalue weighted by Crippen LogP contribution is -2.43. The number of hydrogen-bond donors (Lipinski definition) is 2. The van der Waals surface area contributed by atoms with Crippen molar-refractivity contribution in [3.63, 3.8) is 0 Å². The van der Waals surface area contributed by atoms with Gasteiger partial charge < -0.3 is 19.9 Å². The number of nitrogens with one attached hydrogen (secondary N) is 2. The molecule has 2 N–H and O–H groups in total. The van der Waals surface area contributed by atoms with Crippen molar-refractivity contribution in [1.29, 1.82) is 0 Å². The summed E-state index contributed by atoms with van der Waals surface area (Å²) < 4.78 is 5.40. The van der Waals surface area contributed by atoms with Crippen LogP contribution in [0.1, 0.15) is 22.9 Å². The number of ether oxygens (including phenoxy) is 1. The van der Waals surface area contributed by atoms with E-state index in [9.17, 15) is 14.9 Å². The minimum Gasteiger partial charge on any atom is -0.497 e. The molecule has 5 rings (SSSR count). The molecule has 0 bridgehead atoms. The van der Waals surface area contributed by atoms with Crippen molar-refractivity contribution in [3.8, 4) is 5.75 Å². The zero-order chi connectivity index (χ0) is 23.8. The van der Waals surface area contributed by atoms with Crippen LogP contribution < -0.4 is 10.1 Å². The number of urea groups is 1. The van der Waals surface area contributed by atoms with E-state index in [1.165, 1.54) is 12.1 Å². The number of methoxy groups -OCH3 is 1. The summed E-state index contributed by atoms with van der Waals surface area (Å²) in [7, 11) is 1.62. The summed E-state index contributed by atoms with van der Waals surface area (Å²) in [6.07, 6.45) is 0.622. The molecule has 1 aliphatic heterocycles. The van der Waals surface area contributed by atoms with E-state index in [2.05, 4.69) is 10.3 Å². The summed E-state index contributed by atoms with van der Waals surface area (Å²) in [4.78, 5) is 29.6. The Kier molecular flexibility index (Phi) is 5.59. The molecule has 0 saturated heterocycles. The van der Waals surface area contributed by atoms with Gasteiger partial charge in [-0.15, -0.1) is 0 Å². The number of fused-ring (bicyclic) bond motifs is 3. The normalized spacial score (nSPS) is 15.1. The van der Waals surface area contributed by atoms with Crippen LogP contribution in [-0.2, 0) is 6.42 Å². The molecule has 0 radical (unpaired) electrons. The van der Waals surface area contributed by atoms with Crippen LogP contribution in [0.4, 0.5) is 16.2 Å². The predicted octanol–water partition coefficient (Wildman–Crippen LogP) is 5.92. The Hall–Kier alpha value is -4.04. The van der Waals surface area contributed by atoms with Gasteiger partial charge in [0.2, 0.25) is 0 Å². The molecule has 0 saturated carbocycles. The van der Waals surface area contributed by atoms with E-state index < -0.39 is 11.0 Å². The van der Waals surface area contributed by atoms with E-state index in [1.54, 1.807) is 18.1 Å². The van der Waals surface area contributed by atoms with Gasteiger partial charge in [0, 0.05) is 34.9 Å². The Morgan fingerprint density at radius 3 is 2.71 bits per heavy atom. The number of aromatic nitrogens is 1. The highest BCUT2D eigenvalue weighted by atomic mass is 35.5. The van der Waals surface area contributed by atoms with E-state index in [1.807, 2.05) is 48.5 Å². The summed E-state index contributed by atoms with van der Waals surface area (Å²) in [5, 5.41) is 15.6.